The van der Waals surface area contributed by atoms with Crippen LogP contribution in [0.2, 0.25) is 0 Å². The molecule has 0 bridgehead atoms. The summed E-state index contributed by atoms with van der Waals surface area (Å²) in [5.41, 5.74) is 2.37. The Balaban J connectivity index is 1.55. The molecule has 0 saturated carbocycles. The zero-order valence-corrected chi connectivity index (χ0v) is 17.3. The van der Waals surface area contributed by atoms with Gasteiger partial charge in [0, 0.05) is 18.6 Å². The molecule has 1 aromatic carbocycles. The standard InChI is InChI=1S/C21H20N6O2S/c1-15-8-9-18(29-2)17(13-15)23-19(28)14-30-21-25-24-20(16-7-3-4-10-22-16)27(21)26-11-5-6-12-26/h3-13H,14H2,1-2H3,(H,23,28). The highest BCUT2D eigenvalue weighted by Crippen LogP contribution is 2.27. The number of nitrogens with one attached hydrogen (secondary N) is 1. The van der Waals surface area contributed by atoms with Crippen LogP contribution < -0.4 is 10.1 Å². The lowest BCUT2D eigenvalue weighted by Crippen LogP contribution is -2.16. The summed E-state index contributed by atoms with van der Waals surface area (Å²) in [5, 5.41) is 12.1. The first-order valence-electron chi connectivity index (χ1n) is 9.23. The molecule has 0 atom stereocenters. The van der Waals surface area contributed by atoms with Crippen molar-refractivity contribution in [1.29, 1.82) is 0 Å². The zero-order valence-electron chi connectivity index (χ0n) is 16.5. The first kappa shape index (κ1) is 19.7. The van der Waals surface area contributed by atoms with Crippen LogP contribution in [0.15, 0.2) is 72.3 Å². The third-order valence-corrected chi connectivity index (χ3v) is 5.21. The fraction of sp³-hybridized carbons (Fsp3) is 0.143. The van der Waals surface area contributed by atoms with Gasteiger partial charge in [0.1, 0.15) is 11.4 Å². The van der Waals surface area contributed by atoms with Crippen LogP contribution in [0.4, 0.5) is 5.69 Å². The van der Waals surface area contributed by atoms with Crippen molar-refractivity contribution < 1.29 is 9.53 Å². The van der Waals surface area contributed by atoms with Gasteiger partial charge in [0.25, 0.3) is 0 Å². The molecule has 0 aliphatic heterocycles. The minimum absolute atomic E-state index is 0.162. The molecule has 30 heavy (non-hydrogen) atoms. The molecule has 1 N–H and O–H groups in total. The summed E-state index contributed by atoms with van der Waals surface area (Å²) < 4.78 is 9.01. The number of hydrogen-bond donors (Lipinski definition) is 1. The lowest BCUT2D eigenvalue weighted by Gasteiger charge is -2.12. The van der Waals surface area contributed by atoms with E-state index in [1.165, 1.54) is 11.8 Å². The Hall–Kier alpha value is -3.59. The van der Waals surface area contributed by atoms with Crippen molar-refractivity contribution in [1.82, 2.24) is 24.5 Å². The molecule has 0 aliphatic rings. The van der Waals surface area contributed by atoms with E-state index in [4.69, 9.17) is 4.74 Å². The molecule has 0 fully saturated rings. The van der Waals surface area contributed by atoms with E-state index in [1.54, 1.807) is 13.3 Å². The Morgan fingerprint density at radius 3 is 2.70 bits per heavy atom. The number of methoxy groups -OCH3 is 1. The average molecular weight is 420 g/mol. The maximum absolute atomic E-state index is 12.6. The van der Waals surface area contributed by atoms with Crippen LogP contribution in [0.1, 0.15) is 5.56 Å². The van der Waals surface area contributed by atoms with Gasteiger partial charge < -0.3 is 10.1 Å². The molecular formula is C21H20N6O2S. The van der Waals surface area contributed by atoms with Crippen LogP contribution in [-0.4, -0.2) is 43.3 Å². The average Bonchev–Trinajstić information content (AvgIpc) is 3.42. The monoisotopic (exact) mass is 420 g/mol. The summed E-state index contributed by atoms with van der Waals surface area (Å²) >= 11 is 1.29. The zero-order chi connectivity index (χ0) is 20.9. The number of carbonyl (C=O) groups excluding carboxylic acids is 1. The second kappa shape index (κ2) is 8.83. The van der Waals surface area contributed by atoms with E-state index in [2.05, 4.69) is 20.5 Å². The maximum Gasteiger partial charge on any atom is 0.234 e. The smallest absolute Gasteiger partial charge is 0.234 e. The fourth-order valence-corrected chi connectivity index (χ4v) is 3.65. The second-order valence-electron chi connectivity index (χ2n) is 6.44. The number of anilines is 1. The van der Waals surface area contributed by atoms with Crippen molar-refractivity contribution in [3.8, 4) is 17.3 Å². The predicted octanol–water partition coefficient (Wildman–Crippen LogP) is 3.50. The number of thioether (sulfide) groups is 1. The highest BCUT2D eigenvalue weighted by Gasteiger charge is 2.18. The van der Waals surface area contributed by atoms with E-state index in [0.29, 0.717) is 28.1 Å². The summed E-state index contributed by atoms with van der Waals surface area (Å²) in [4.78, 5) is 16.9. The number of aromatic nitrogens is 5. The van der Waals surface area contributed by atoms with Crippen LogP contribution in [0, 0.1) is 6.92 Å². The highest BCUT2D eigenvalue weighted by molar-refractivity contribution is 7.99. The first-order chi connectivity index (χ1) is 14.7. The highest BCUT2D eigenvalue weighted by atomic mass is 32.2. The number of aryl methyl sites for hydroxylation is 1. The maximum atomic E-state index is 12.6. The summed E-state index contributed by atoms with van der Waals surface area (Å²) in [5.74, 6) is 1.21. The van der Waals surface area contributed by atoms with E-state index in [-0.39, 0.29) is 11.7 Å². The fourth-order valence-electron chi connectivity index (χ4n) is 2.91. The molecule has 0 unspecified atom stereocenters. The largest absolute Gasteiger partial charge is 0.495 e. The summed E-state index contributed by atoms with van der Waals surface area (Å²) in [6, 6.07) is 15.1. The van der Waals surface area contributed by atoms with E-state index in [1.807, 2.05) is 77.2 Å². The van der Waals surface area contributed by atoms with Gasteiger partial charge >= 0.3 is 0 Å². The lowest BCUT2D eigenvalue weighted by atomic mass is 10.2. The Bertz CT molecular complexity index is 1140. The lowest BCUT2D eigenvalue weighted by molar-refractivity contribution is -0.113. The number of hydrogen-bond acceptors (Lipinski definition) is 6. The van der Waals surface area contributed by atoms with Crippen molar-refractivity contribution >= 4 is 23.4 Å². The van der Waals surface area contributed by atoms with Crippen molar-refractivity contribution in [2.45, 2.75) is 12.1 Å². The van der Waals surface area contributed by atoms with Crippen molar-refractivity contribution in [2.75, 3.05) is 18.2 Å². The normalized spacial score (nSPS) is 10.7. The van der Waals surface area contributed by atoms with Gasteiger partial charge in [0.15, 0.2) is 0 Å². The topological polar surface area (TPSA) is 86.9 Å². The molecule has 0 aliphatic carbocycles. The number of pyridine rings is 1. The van der Waals surface area contributed by atoms with Crippen LogP contribution >= 0.6 is 11.8 Å². The Labute approximate surface area is 177 Å². The molecule has 4 rings (SSSR count). The van der Waals surface area contributed by atoms with E-state index < -0.39 is 0 Å². The molecule has 3 heterocycles. The van der Waals surface area contributed by atoms with Crippen LogP contribution in [0.25, 0.3) is 11.5 Å². The minimum atomic E-state index is -0.162. The van der Waals surface area contributed by atoms with Gasteiger partial charge in [-0.25, -0.2) is 4.68 Å². The van der Waals surface area contributed by atoms with E-state index in [9.17, 15) is 4.79 Å². The molecule has 0 saturated heterocycles. The predicted molar refractivity (Wildman–Crippen MR) is 116 cm³/mol. The quantitative estimate of drug-likeness (QED) is 0.461. The van der Waals surface area contributed by atoms with Gasteiger partial charge in [0.2, 0.25) is 16.9 Å². The van der Waals surface area contributed by atoms with E-state index in [0.717, 1.165) is 5.56 Å². The van der Waals surface area contributed by atoms with Gasteiger partial charge in [-0.3, -0.25) is 14.5 Å². The molecule has 8 nitrogen and oxygen atoms in total. The van der Waals surface area contributed by atoms with Crippen molar-refractivity contribution in [2.24, 2.45) is 0 Å². The van der Waals surface area contributed by atoms with Gasteiger partial charge in [-0.05, 0) is 48.9 Å². The number of rotatable bonds is 7. The number of benzene rings is 1. The van der Waals surface area contributed by atoms with Crippen molar-refractivity contribution in [3.63, 3.8) is 0 Å². The third-order valence-electron chi connectivity index (χ3n) is 4.29. The minimum Gasteiger partial charge on any atom is -0.495 e. The number of amides is 1. The van der Waals surface area contributed by atoms with Gasteiger partial charge in [-0.2, -0.15) is 0 Å². The number of nitrogens with zero attached hydrogens (tertiary/aromatic N) is 5. The second-order valence-corrected chi connectivity index (χ2v) is 7.38. The van der Waals surface area contributed by atoms with Crippen LogP contribution in [0.3, 0.4) is 0 Å². The first-order valence-corrected chi connectivity index (χ1v) is 10.2. The molecule has 3 aromatic heterocycles. The molecule has 152 valence electrons. The molecular weight excluding hydrogens is 400 g/mol. The third kappa shape index (κ3) is 4.20. The molecule has 9 heteroatoms. The molecule has 1 amide bonds. The number of carbonyl (C=O) groups is 1. The van der Waals surface area contributed by atoms with Crippen LogP contribution in [0.5, 0.6) is 5.75 Å². The van der Waals surface area contributed by atoms with E-state index >= 15 is 0 Å². The van der Waals surface area contributed by atoms with Crippen LogP contribution in [-0.2, 0) is 4.79 Å². The SMILES string of the molecule is COc1ccc(C)cc1NC(=O)CSc1nnc(-c2ccccn2)n1-n1cccc1. The van der Waals surface area contributed by atoms with Gasteiger partial charge in [0.05, 0.1) is 18.6 Å². The Kier molecular flexibility index (Phi) is 5.80. The number of ether oxygens (including phenoxy) is 1. The summed E-state index contributed by atoms with van der Waals surface area (Å²) in [7, 11) is 1.58. The molecule has 0 spiro atoms. The molecule has 0 radical (unpaired) electrons. The summed E-state index contributed by atoms with van der Waals surface area (Å²) in [6.45, 7) is 1.96. The van der Waals surface area contributed by atoms with Crippen molar-refractivity contribution in [3.05, 3.63) is 72.7 Å². The summed E-state index contributed by atoms with van der Waals surface area (Å²) in [6.07, 6.45) is 5.48. The Morgan fingerprint density at radius 2 is 1.97 bits per heavy atom. The Morgan fingerprint density at radius 1 is 1.13 bits per heavy atom. The molecule has 4 aromatic rings. The van der Waals surface area contributed by atoms with Gasteiger partial charge in [-0.1, -0.05) is 23.9 Å². The van der Waals surface area contributed by atoms with Gasteiger partial charge in [-0.15, -0.1) is 10.2 Å².